The Bertz CT molecular complexity index is 301. The third-order valence-corrected chi connectivity index (χ3v) is 4.00. The second-order valence-electron chi connectivity index (χ2n) is 4.11. The van der Waals surface area contributed by atoms with Crippen LogP contribution in [-0.4, -0.2) is 75.8 Å². The van der Waals surface area contributed by atoms with Crippen molar-refractivity contribution < 1.29 is 19.8 Å². The van der Waals surface area contributed by atoms with Crippen molar-refractivity contribution in [3.05, 3.63) is 0 Å². The van der Waals surface area contributed by atoms with E-state index in [0.29, 0.717) is 25.4 Å². The molecule has 0 saturated carbocycles. The van der Waals surface area contributed by atoms with Crippen LogP contribution in [0.4, 0.5) is 4.79 Å². The lowest BCUT2D eigenvalue weighted by Gasteiger charge is -2.37. The maximum atomic E-state index is 12.2. The number of thioether (sulfide) groups is 1. The Morgan fingerprint density at radius 2 is 2.22 bits per heavy atom. The summed E-state index contributed by atoms with van der Waals surface area (Å²) in [6.45, 7) is 3.15. The summed E-state index contributed by atoms with van der Waals surface area (Å²) >= 11 is 1.67. The average Bonchev–Trinajstić information content (AvgIpc) is 2.35. The van der Waals surface area contributed by atoms with E-state index in [1.54, 1.807) is 21.6 Å². The lowest BCUT2D eigenvalue weighted by molar-refractivity contribution is -0.138. The third-order valence-electron chi connectivity index (χ3n) is 2.91. The van der Waals surface area contributed by atoms with Crippen LogP contribution in [0.25, 0.3) is 0 Å². The topological polar surface area (TPSA) is 81.1 Å². The second-order valence-corrected chi connectivity index (χ2v) is 5.26. The number of aliphatic carboxylic acids is 1. The number of amides is 2. The van der Waals surface area contributed by atoms with Gasteiger partial charge in [-0.05, 0) is 6.92 Å². The molecular formula is C11H20N2O4S. The highest BCUT2D eigenvalue weighted by atomic mass is 32.2. The molecule has 0 aliphatic carbocycles. The summed E-state index contributed by atoms with van der Waals surface area (Å²) in [7, 11) is 0. The highest BCUT2D eigenvalue weighted by Gasteiger charge is 2.30. The average molecular weight is 276 g/mol. The number of hydrogen-bond donors (Lipinski definition) is 2. The number of carbonyl (C=O) groups is 2. The number of nitrogens with zero attached hydrogens (tertiary/aromatic N) is 2. The monoisotopic (exact) mass is 276 g/mol. The maximum Gasteiger partial charge on any atom is 0.320 e. The molecule has 18 heavy (non-hydrogen) atoms. The van der Waals surface area contributed by atoms with Gasteiger partial charge in [0, 0.05) is 31.1 Å². The van der Waals surface area contributed by atoms with Gasteiger partial charge < -0.3 is 20.0 Å². The van der Waals surface area contributed by atoms with E-state index in [1.807, 2.05) is 6.92 Å². The van der Waals surface area contributed by atoms with Gasteiger partial charge in [0.15, 0.2) is 0 Å². The Morgan fingerprint density at radius 3 is 2.78 bits per heavy atom. The Labute approximate surface area is 111 Å². The van der Waals surface area contributed by atoms with Gasteiger partial charge in [0.2, 0.25) is 0 Å². The second kappa shape index (κ2) is 7.48. The van der Waals surface area contributed by atoms with Crippen molar-refractivity contribution in [3.8, 4) is 0 Å². The quantitative estimate of drug-likeness (QED) is 0.755. The number of aliphatic hydroxyl groups is 1. The van der Waals surface area contributed by atoms with Gasteiger partial charge in [0.05, 0.1) is 19.1 Å². The highest BCUT2D eigenvalue weighted by Crippen LogP contribution is 2.20. The van der Waals surface area contributed by atoms with Gasteiger partial charge in [-0.3, -0.25) is 4.79 Å². The zero-order valence-electron chi connectivity index (χ0n) is 10.5. The molecule has 0 bridgehead atoms. The van der Waals surface area contributed by atoms with Crippen LogP contribution < -0.4 is 0 Å². The van der Waals surface area contributed by atoms with Gasteiger partial charge in [-0.1, -0.05) is 0 Å². The summed E-state index contributed by atoms with van der Waals surface area (Å²) in [4.78, 5) is 26.2. The minimum absolute atomic E-state index is 0.0184. The molecule has 104 valence electrons. The van der Waals surface area contributed by atoms with Gasteiger partial charge in [-0.2, -0.15) is 11.8 Å². The molecule has 2 amide bonds. The fraction of sp³-hybridized carbons (Fsp3) is 0.818. The standard InChI is InChI=1S/C11H20N2O4S/c1-2-12(3-5-14)11(17)13-4-6-18-8-9(13)7-10(15)16/h9,14H,2-8H2,1H3,(H,15,16). The fourth-order valence-corrected chi connectivity index (χ4v) is 3.03. The van der Waals surface area contributed by atoms with Crippen molar-refractivity contribution in [2.24, 2.45) is 0 Å². The Hall–Kier alpha value is -0.950. The molecule has 1 saturated heterocycles. The molecule has 1 rings (SSSR count). The summed E-state index contributed by atoms with van der Waals surface area (Å²) in [6, 6.07) is -0.417. The van der Waals surface area contributed by atoms with Crippen LogP contribution in [-0.2, 0) is 4.79 Å². The lowest BCUT2D eigenvalue weighted by atomic mass is 10.2. The Balaban J connectivity index is 2.69. The van der Waals surface area contributed by atoms with E-state index < -0.39 is 5.97 Å². The van der Waals surface area contributed by atoms with E-state index in [0.717, 1.165) is 5.75 Å². The minimum atomic E-state index is -0.884. The smallest absolute Gasteiger partial charge is 0.320 e. The van der Waals surface area contributed by atoms with Crippen LogP contribution in [0.15, 0.2) is 0 Å². The highest BCUT2D eigenvalue weighted by molar-refractivity contribution is 7.99. The predicted octanol–water partition coefficient (Wildman–Crippen LogP) is 0.313. The van der Waals surface area contributed by atoms with Crippen molar-refractivity contribution in [2.45, 2.75) is 19.4 Å². The van der Waals surface area contributed by atoms with Crippen LogP contribution in [0.2, 0.25) is 0 Å². The fourth-order valence-electron chi connectivity index (χ4n) is 1.97. The SMILES string of the molecule is CCN(CCO)C(=O)N1CCSCC1CC(=O)O. The van der Waals surface area contributed by atoms with Gasteiger partial charge in [0.25, 0.3) is 0 Å². The summed E-state index contributed by atoms with van der Waals surface area (Å²) in [6.07, 6.45) is -0.0184. The van der Waals surface area contributed by atoms with Crippen molar-refractivity contribution in [3.63, 3.8) is 0 Å². The molecule has 1 atom stereocenters. The predicted molar refractivity (Wildman–Crippen MR) is 69.8 cm³/mol. The van der Waals surface area contributed by atoms with E-state index in [9.17, 15) is 9.59 Å². The van der Waals surface area contributed by atoms with Gasteiger partial charge in [-0.25, -0.2) is 4.79 Å². The molecular weight excluding hydrogens is 256 g/mol. The number of carboxylic acids is 1. The number of hydrogen-bond acceptors (Lipinski definition) is 4. The molecule has 0 aromatic carbocycles. The third kappa shape index (κ3) is 4.06. The first-order chi connectivity index (χ1) is 8.60. The summed E-state index contributed by atoms with van der Waals surface area (Å²) < 4.78 is 0. The van der Waals surface area contributed by atoms with Gasteiger partial charge in [0.1, 0.15) is 0 Å². The van der Waals surface area contributed by atoms with Crippen molar-refractivity contribution in [1.82, 2.24) is 9.80 Å². The molecule has 1 aliphatic rings. The van der Waals surface area contributed by atoms with Gasteiger partial charge in [-0.15, -0.1) is 0 Å². The van der Waals surface area contributed by atoms with E-state index in [1.165, 1.54) is 0 Å². The lowest BCUT2D eigenvalue weighted by Crippen LogP contribution is -2.53. The van der Waals surface area contributed by atoms with Crippen molar-refractivity contribution in [1.29, 1.82) is 0 Å². The summed E-state index contributed by atoms with van der Waals surface area (Å²) in [5, 5.41) is 17.8. The molecule has 1 aliphatic heterocycles. The van der Waals surface area contributed by atoms with Crippen LogP contribution in [0.1, 0.15) is 13.3 Å². The van der Waals surface area contributed by atoms with E-state index >= 15 is 0 Å². The molecule has 7 heteroatoms. The van der Waals surface area contributed by atoms with Crippen LogP contribution in [0.3, 0.4) is 0 Å². The number of aliphatic hydroxyl groups excluding tert-OH is 1. The number of urea groups is 1. The van der Waals surface area contributed by atoms with E-state index in [-0.39, 0.29) is 25.1 Å². The first-order valence-corrected chi connectivity index (χ1v) is 7.21. The molecule has 1 fully saturated rings. The zero-order chi connectivity index (χ0) is 13.5. The normalized spacial score (nSPS) is 19.7. The molecule has 0 spiro atoms. The van der Waals surface area contributed by atoms with E-state index in [4.69, 9.17) is 10.2 Å². The molecule has 0 radical (unpaired) electrons. The number of carbonyl (C=O) groups excluding carboxylic acids is 1. The number of rotatable bonds is 5. The van der Waals surface area contributed by atoms with Crippen LogP contribution >= 0.6 is 11.8 Å². The first kappa shape index (κ1) is 15.1. The maximum absolute atomic E-state index is 12.2. The molecule has 0 aromatic heterocycles. The molecule has 1 heterocycles. The van der Waals surface area contributed by atoms with Crippen molar-refractivity contribution in [2.75, 3.05) is 37.7 Å². The van der Waals surface area contributed by atoms with Gasteiger partial charge >= 0.3 is 12.0 Å². The molecule has 6 nitrogen and oxygen atoms in total. The summed E-state index contributed by atoms with van der Waals surface area (Å²) in [5.74, 6) is 0.610. The molecule has 2 N–H and O–H groups in total. The Morgan fingerprint density at radius 1 is 1.50 bits per heavy atom. The number of carboxylic acid groups (broad SMARTS) is 1. The largest absolute Gasteiger partial charge is 0.481 e. The van der Waals surface area contributed by atoms with Crippen LogP contribution in [0, 0.1) is 0 Å². The molecule has 1 unspecified atom stereocenters. The minimum Gasteiger partial charge on any atom is -0.481 e. The van der Waals surface area contributed by atoms with E-state index in [2.05, 4.69) is 0 Å². The van der Waals surface area contributed by atoms with Crippen molar-refractivity contribution >= 4 is 23.8 Å². The first-order valence-electron chi connectivity index (χ1n) is 6.06. The Kier molecular flexibility index (Phi) is 6.28. The number of likely N-dealkylation sites (N-methyl/N-ethyl adjacent to an activating group) is 1. The summed E-state index contributed by atoms with van der Waals surface area (Å²) in [5.41, 5.74) is 0. The zero-order valence-corrected chi connectivity index (χ0v) is 11.4. The van der Waals surface area contributed by atoms with Crippen LogP contribution in [0.5, 0.6) is 0 Å². The molecule has 0 aromatic rings.